The smallest absolute Gasteiger partial charge is 0.0768 e. The van der Waals surface area contributed by atoms with Gasteiger partial charge in [0.15, 0.2) is 0 Å². The molecule has 416 valence electrons. The second-order valence-corrected chi connectivity index (χ2v) is 23.6. The van der Waals surface area contributed by atoms with Gasteiger partial charge >= 0.3 is 0 Å². The van der Waals surface area contributed by atoms with Crippen molar-refractivity contribution in [3.8, 4) is 22.3 Å². The molecule has 0 saturated carbocycles. The van der Waals surface area contributed by atoms with Crippen molar-refractivity contribution in [3.05, 3.63) is 198 Å². The van der Waals surface area contributed by atoms with Gasteiger partial charge in [-0.3, -0.25) is 9.80 Å². The molecule has 7 aromatic rings. The largest absolute Gasteiger partial charge is 0.345 e. The molecule has 2 aliphatic rings. The van der Waals surface area contributed by atoms with Crippen LogP contribution in [0.3, 0.4) is 0 Å². The van der Waals surface area contributed by atoms with Gasteiger partial charge in [-0.15, -0.1) is 0 Å². The zero-order valence-electron chi connectivity index (χ0n) is 49.4. The third-order valence-electron chi connectivity index (χ3n) is 17.8. The molecular formula is C74H95N5. The Kier molecular flexibility index (Phi) is 20.6. The van der Waals surface area contributed by atoms with Gasteiger partial charge in [-0.1, -0.05) is 246 Å². The van der Waals surface area contributed by atoms with Crippen LogP contribution in [0.2, 0.25) is 0 Å². The van der Waals surface area contributed by atoms with E-state index in [1.54, 1.807) is 22.3 Å². The van der Waals surface area contributed by atoms with Crippen molar-refractivity contribution in [1.82, 2.24) is 9.80 Å². The van der Waals surface area contributed by atoms with E-state index in [2.05, 4.69) is 242 Å². The van der Waals surface area contributed by atoms with Crippen LogP contribution >= 0.6 is 0 Å². The Hall–Kier alpha value is -6.14. The lowest BCUT2D eigenvalue weighted by Gasteiger charge is -2.39. The summed E-state index contributed by atoms with van der Waals surface area (Å²) in [5, 5.41) is 0. The van der Waals surface area contributed by atoms with Crippen LogP contribution in [0.5, 0.6) is 0 Å². The molecule has 0 aromatic heterocycles. The summed E-state index contributed by atoms with van der Waals surface area (Å²) in [6, 6.07) is 67.1. The van der Waals surface area contributed by atoms with E-state index in [1.165, 1.54) is 179 Å². The summed E-state index contributed by atoms with van der Waals surface area (Å²) in [5.41, 5.74) is 18.1. The maximum atomic E-state index is 2.66. The molecule has 7 aromatic carbocycles. The standard InChI is InChI=1S/C74H95N5/c1-7-11-15-32-50-73(51-33-16-12-8-2)69-44-30-28-42-65(69)67-48-46-63(54-71(67)73)77(56-75(5)58-78(60-36-22-19-23-37-60)61-38-24-20-25-39-61)57-76(6)59-79(62-40-26-21-27-41-62)64-47-49-68-66-43-29-31-45-70(66)74(72(68)55-64,52-34-17-13-9-3)53-35-18-14-10-4/h19-31,36-49,54-55H,7-18,32-35,50-53,56-59H2,1-6H3. The van der Waals surface area contributed by atoms with Crippen LogP contribution in [0.1, 0.15) is 178 Å². The molecule has 0 atom stereocenters. The predicted octanol–water partition coefficient (Wildman–Crippen LogP) is 20.3. The van der Waals surface area contributed by atoms with Gasteiger partial charge in [-0.2, -0.15) is 0 Å². The van der Waals surface area contributed by atoms with Crippen molar-refractivity contribution in [2.45, 2.75) is 167 Å². The molecular weight excluding hydrogens is 959 g/mol. The zero-order valence-corrected chi connectivity index (χ0v) is 49.4. The van der Waals surface area contributed by atoms with Gasteiger partial charge in [-0.05, 0) is 145 Å². The third-order valence-corrected chi connectivity index (χ3v) is 17.8. The minimum absolute atomic E-state index is 0.00285. The Bertz CT molecular complexity index is 2870. The lowest BCUT2D eigenvalue weighted by molar-refractivity contribution is 0.286. The maximum absolute atomic E-state index is 2.66. The average Bonchev–Trinajstić information content (AvgIpc) is 3.94. The Labute approximate surface area is 478 Å². The first kappa shape index (κ1) is 57.5. The molecule has 2 aliphatic carbocycles. The number of nitrogens with zero attached hydrogens (tertiary/aromatic N) is 5. The van der Waals surface area contributed by atoms with Gasteiger partial charge in [-0.25, -0.2) is 0 Å². The van der Waals surface area contributed by atoms with Gasteiger partial charge in [0.05, 0.1) is 26.7 Å². The number of benzene rings is 7. The summed E-state index contributed by atoms with van der Waals surface area (Å²) in [7, 11) is 4.64. The van der Waals surface area contributed by atoms with E-state index in [0.29, 0.717) is 0 Å². The molecule has 0 heterocycles. The molecule has 0 N–H and O–H groups in total. The Morgan fingerprint density at radius 2 is 0.595 bits per heavy atom. The highest BCUT2D eigenvalue weighted by atomic mass is 15.4. The number of hydrogen-bond acceptors (Lipinski definition) is 5. The number of fused-ring (bicyclic) bond motifs is 6. The zero-order chi connectivity index (χ0) is 54.9. The Morgan fingerprint density at radius 1 is 0.278 bits per heavy atom. The van der Waals surface area contributed by atoms with E-state index < -0.39 is 0 Å². The van der Waals surface area contributed by atoms with E-state index in [9.17, 15) is 0 Å². The van der Waals surface area contributed by atoms with E-state index in [4.69, 9.17) is 0 Å². The van der Waals surface area contributed by atoms with E-state index in [1.807, 2.05) is 0 Å². The van der Waals surface area contributed by atoms with Crippen LogP contribution < -0.4 is 14.7 Å². The summed E-state index contributed by atoms with van der Waals surface area (Å²) in [6.45, 7) is 12.3. The SMILES string of the molecule is CCCCCCC1(CCCCCC)c2ccccc2-c2ccc(N(CN(C)CN(c3ccccc3)c3ccccc3)CN(C)CN(c3ccccc3)c3ccc4c(c3)C(CCCCCC)(CCCCCC)c3ccccc3-4)cc21. The highest BCUT2D eigenvalue weighted by molar-refractivity contribution is 5.85. The average molecular weight is 1050 g/mol. The second-order valence-electron chi connectivity index (χ2n) is 23.6. The highest BCUT2D eigenvalue weighted by Crippen LogP contribution is 2.57. The Morgan fingerprint density at radius 3 is 0.975 bits per heavy atom. The quantitative estimate of drug-likeness (QED) is 0.0300. The number of rotatable bonds is 33. The summed E-state index contributed by atoms with van der Waals surface area (Å²) in [6.07, 6.45) is 25.2. The van der Waals surface area contributed by atoms with E-state index in [0.717, 1.165) is 26.7 Å². The van der Waals surface area contributed by atoms with Crippen molar-refractivity contribution >= 4 is 28.4 Å². The molecule has 5 nitrogen and oxygen atoms in total. The molecule has 0 radical (unpaired) electrons. The Balaban J connectivity index is 1.10. The normalized spacial score (nSPS) is 13.6. The summed E-state index contributed by atoms with van der Waals surface area (Å²) >= 11 is 0. The molecule has 79 heavy (non-hydrogen) atoms. The molecule has 0 bridgehead atoms. The first-order chi connectivity index (χ1) is 38.8. The van der Waals surface area contributed by atoms with Crippen LogP contribution in [0.25, 0.3) is 22.3 Å². The fourth-order valence-corrected chi connectivity index (χ4v) is 13.8. The maximum Gasteiger partial charge on any atom is 0.0768 e. The first-order valence-corrected chi connectivity index (χ1v) is 31.1. The monoisotopic (exact) mass is 1050 g/mol. The van der Waals surface area contributed by atoms with E-state index >= 15 is 0 Å². The van der Waals surface area contributed by atoms with Crippen LogP contribution in [0.4, 0.5) is 28.4 Å². The fourth-order valence-electron chi connectivity index (χ4n) is 13.8. The fraction of sp³-hybridized carbons (Fsp3) is 0.432. The molecule has 5 heteroatoms. The lowest BCUT2D eigenvalue weighted by atomic mass is 9.70. The van der Waals surface area contributed by atoms with Crippen LogP contribution in [0.15, 0.2) is 176 Å². The topological polar surface area (TPSA) is 16.2 Å². The molecule has 0 spiro atoms. The molecule has 0 unspecified atom stereocenters. The molecule has 0 fully saturated rings. The van der Waals surface area contributed by atoms with Gasteiger partial charge in [0, 0.05) is 39.3 Å². The molecule has 0 saturated heterocycles. The molecule has 0 aliphatic heterocycles. The molecule has 0 amide bonds. The van der Waals surface area contributed by atoms with Crippen molar-refractivity contribution in [1.29, 1.82) is 0 Å². The first-order valence-electron chi connectivity index (χ1n) is 31.1. The lowest BCUT2D eigenvalue weighted by Crippen LogP contribution is -2.47. The van der Waals surface area contributed by atoms with Crippen molar-refractivity contribution in [2.24, 2.45) is 0 Å². The van der Waals surface area contributed by atoms with Gasteiger partial charge in [0.2, 0.25) is 0 Å². The number of hydrogen-bond donors (Lipinski definition) is 0. The number of unbranched alkanes of at least 4 members (excludes halogenated alkanes) is 12. The van der Waals surface area contributed by atoms with Crippen molar-refractivity contribution < 1.29 is 0 Å². The summed E-state index contributed by atoms with van der Waals surface area (Å²) < 4.78 is 0. The summed E-state index contributed by atoms with van der Waals surface area (Å²) in [4.78, 5) is 12.8. The van der Waals surface area contributed by atoms with Gasteiger partial charge in [0.25, 0.3) is 0 Å². The van der Waals surface area contributed by atoms with Crippen molar-refractivity contribution in [3.63, 3.8) is 0 Å². The highest BCUT2D eigenvalue weighted by Gasteiger charge is 2.44. The minimum atomic E-state index is 0.00285. The van der Waals surface area contributed by atoms with Crippen LogP contribution in [-0.2, 0) is 10.8 Å². The summed E-state index contributed by atoms with van der Waals surface area (Å²) in [5.74, 6) is 0. The number of para-hydroxylation sites is 3. The predicted molar refractivity (Wildman–Crippen MR) is 341 cm³/mol. The van der Waals surface area contributed by atoms with Gasteiger partial charge < -0.3 is 14.7 Å². The third kappa shape index (κ3) is 13.4. The van der Waals surface area contributed by atoms with Crippen LogP contribution in [0, 0.1) is 0 Å². The van der Waals surface area contributed by atoms with Crippen LogP contribution in [-0.4, -0.2) is 50.6 Å². The minimum Gasteiger partial charge on any atom is -0.345 e. The van der Waals surface area contributed by atoms with E-state index in [-0.39, 0.29) is 10.8 Å². The van der Waals surface area contributed by atoms with Gasteiger partial charge in [0.1, 0.15) is 0 Å². The molecule has 9 rings (SSSR count). The van der Waals surface area contributed by atoms with Crippen molar-refractivity contribution in [2.75, 3.05) is 55.5 Å². The second kappa shape index (κ2) is 28.3. The number of anilines is 5.